The number of ether oxygens (including phenoxy) is 1. The van der Waals surface area contributed by atoms with Crippen LogP contribution in [0.5, 0.6) is 5.75 Å². The number of hydrogen-bond donors (Lipinski definition) is 2. The van der Waals surface area contributed by atoms with E-state index in [1.165, 1.54) is 0 Å². The first-order valence-electron chi connectivity index (χ1n) is 6.19. The Bertz CT molecular complexity index is 477. The van der Waals surface area contributed by atoms with Crippen LogP contribution in [-0.2, 0) is 16.0 Å². The summed E-state index contributed by atoms with van der Waals surface area (Å²) in [4.78, 5) is 21.8. The van der Waals surface area contributed by atoms with Crippen LogP contribution in [0.25, 0.3) is 0 Å². The van der Waals surface area contributed by atoms with E-state index in [0.29, 0.717) is 25.3 Å². The van der Waals surface area contributed by atoms with E-state index in [2.05, 4.69) is 5.32 Å². The Balaban J connectivity index is 2.02. The summed E-state index contributed by atoms with van der Waals surface area (Å²) in [5, 5.41) is 11.9. The Morgan fingerprint density at radius 3 is 2.37 bits per heavy atom. The molecule has 1 saturated heterocycles. The van der Waals surface area contributed by atoms with Crippen LogP contribution in [0.2, 0.25) is 0 Å². The van der Waals surface area contributed by atoms with E-state index in [1.54, 1.807) is 19.1 Å². The molecule has 19 heavy (non-hydrogen) atoms. The Hall–Kier alpha value is -1.88. The fourth-order valence-electron chi connectivity index (χ4n) is 2.13. The van der Waals surface area contributed by atoms with Gasteiger partial charge in [0.05, 0.1) is 6.42 Å². The van der Waals surface area contributed by atoms with Crippen molar-refractivity contribution in [2.75, 3.05) is 13.1 Å². The summed E-state index contributed by atoms with van der Waals surface area (Å²) in [6.07, 6.45) is 0.386. The van der Waals surface area contributed by atoms with E-state index < -0.39 is 11.6 Å². The lowest BCUT2D eigenvalue weighted by Gasteiger charge is -2.41. The maximum atomic E-state index is 11.0. The molecule has 0 radical (unpaired) electrons. The number of Topliss-reactive ketones (excluding diaryl/α,β-unsaturated/α-hetero) is 1. The first-order valence-corrected chi connectivity index (χ1v) is 6.19. The number of rotatable bonds is 6. The number of nitrogens with one attached hydrogen (secondary N) is 1. The average Bonchev–Trinajstić information content (AvgIpc) is 2.27. The van der Waals surface area contributed by atoms with Gasteiger partial charge in [-0.25, -0.2) is 0 Å². The summed E-state index contributed by atoms with van der Waals surface area (Å²) in [7, 11) is 0. The molecule has 0 bridgehead atoms. The van der Waals surface area contributed by atoms with E-state index in [9.17, 15) is 9.59 Å². The van der Waals surface area contributed by atoms with Gasteiger partial charge in [0.2, 0.25) is 0 Å². The molecule has 2 rings (SSSR count). The van der Waals surface area contributed by atoms with Gasteiger partial charge in [-0.15, -0.1) is 0 Å². The molecule has 1 aliphatic heterocycles. The van der Waals surface area contributed by atoms with E-state index in [1.807, 2.05) is 12.1 Å². The predicted molar refractivity (Wildman–Crippen MR) is 69.3 cm³/mol. The minimum atomic E-state index is -0.866. The third-order valence-electron chi connectivity index (χ3n) is 3.08. The summed E-state index contributed by atoms with van der Waals surface area (Å²) in [5.41, 5.74) is 0.285. The van der Waals surface area contributed by atoms with Crippen LogP contribution in [0.1, 0.15) is 18.9 Å². The minimum absolute atomic E-state index is 0.0187. The van der Waals surface area contributed by atoms with Gasteiger partial charge in [0.25, 0.3) is 0 Å². The molecule has 5 nitrogen and oxygen atoms in total. The second-order valence-corrected chi connectivity index (χ2v) is 4.98. The maximum Gasteiger partial charge on any atom is 0.307 e. The zero-order valence-electron chi connectivity index (χ0n) is 10.8. The van der Waals surface area contributed by atoms with Crippen LogP contribution in [0.3, 0.4) is 0 Å². The van der Waals surface area contributed by atoms with Gasteiger partial charge >= 0.3 is 5.97 Å². The largest absolute Gasteiger partial charge is 0.484 e. The summed E-state index contributed by atoms with van der Waals surface area (Å²) in [6.45, 7) is 2.62. The fraction of sp³-hybridized carbons (Fsp3) is 0.429. The standard InChI is InChI=1S/C14H17NO4/c1-10(16)6-11-2-4-12(5-3-11)19-14(7-13(17)18)8-15-9-14/h2-5,15H,6-9H2,1H3,(H,17,18). The van der Waals surface area contributed by atoms with E-state index in [0.717, 1.165) is 5.56 Å². The number of carbonyl (C=O) groups is 2. The van der Waals surface area contributed by atoms with E-state index in [4.69, 9.17) is 9.84 Å². The van der Waals surface area contributed by atoms with Crippen LogP contribution >= 0.6 is 0 Å². The lowest BCUT2D eigenvalue weighted by molar-refractivity contribution is -0.143. The molecule has 0 aliphatic carbocycles. The highest BCUT2D eigenvalue weighted by Crippen LogP contribution is 2.25. The average molecular weight is 263 g/mol. The van der Waals surface area contributed by atoms with Gasteiger partial charge in [0.15, 0.2) is 0 Å². The Kier molecular flexibility index (Phi) is 3.85. The molecule has 1 fully saturated rings. The van der Waals surface area contributed by atoms with E-state index in [-0.39, 0.29) is 12.2 Å². The van der Waals surface area contributed by atoms with Crippen molar-refractivity contribution in [2.45, 2.75) is 25.4 Å². The molecule has 0 atom stereocenters. The second kappa shape index (κ2) is 5.40. The lowest BCUT2D eigenvalue weighted by Crippen LogP contribution is -2.64. The summed E-state index contributed by atoms with van der Waals surface area (Å²) in [5.74, 6) is -0.121. The highest BCUT2D eigenvalue weighted by atomic mass is 16.5. The van der Waals surface area contributed by atoms with Gasteiger partial charge in [0.1, 0.15) is 17.1 Å². The van der Waals surface area contributed by atoms with Crippen molar-refractivity contribution in [3.63, 3.8) is 0 Å². The molecule has 1 aliphatic rings. The van der Waals surface area contributed by atoms with Gasteiger partial charge in [-0.05, 0) is 24.6 Å². The molecular formula is C14H17NO4. The van der Waals surface area contributed by atoms with Gasteiger partial charge < -0.3 is 15.2 Å². The van der Waals surface area contributed by atoms with Gasteiger partial charge in [-0.2, -0.15) is 0 Å². The molecule has 102 valence electrons. The smallest absolute Gasteiger partial charge is 0.307 e. The molecule has 1 aromatic rings. The first-order chi connectivity index (χ1) is 8.99. The highest BCUT2D eigenvalue weighted by Gasteiger charge is 2.41. The number of benzene rings is 1. The number of carbonyl (C=O) groups excluding carboxylic acids is 1. The number of hydrogen-bond acceptors (Lipinski definition) is 4. The Labute approximate surface area is 111 Å². The number of carboxylic acids is 1. The van der Waals surface area contributed by atoms with Crippen molar-refractivity contribution >= 4 is 11.8 Å². The zero-order chi connectivity index (χ0) is 13.9. The quantitative estimate of drug-likeness (QED) is 0.801. The molecule has 0 spiro atoms. The zero-order valence-corrected chi connectivity index (χ0v) is 10.8. The number of ketones is 1. The van der Waals surface area contributed by atoms with Gasteiger partial charge in [-0.1, -0.05) is 12.1 Å². The van der Waals surface area contributed by atoms with Crippen molar-refractivity contribution in [2.24, 2.45) is 0 Å². The molecule has 0 aromatic heterocycles. The summed E-state index contributed by atoms with van der Waals surface area (Å²) >= 11 is 0. The fourth-order valence-corrected chi connectivity index (χ4v) is 2.13. The molecular weight excluding hydrogens is 246 g/mol. The van der Waals surface area contributed by atoms with E-state index >= 15 is 0 Å². The van der Waals surface area contributed by atoms with Crippen molar-refractivity contribution in [3.8, 4) is 5.75 Å². The van der Waals surface area contributed by atoms with Crippen LogP contribution < -0.4 is 10.1 Å². The summed E-state index contributed by atoms with van der Waals surface area (Å²) in [6, 6.07) is 7.22. The molecule has 1 heterocycles. The minimum Gasteiger partial charge on any atom is -0.484 e. The van der Waals surface area contributed by atoms with Gasteiger partial charge in [0, 0.05) is 19.5 Å². The molecule has 0 saturated carbocycles. The molecule has 0 unspecified atom stereocenters. The lowest BCUT2D eigenvalue weighted by atomic mass is 9.92. The molecule has 2 N–H and O–H groups in total. The van der Waals surface area contributed by atoms with Gasteiger partial charge in [-0.3, -0.25) is 9.59 Å². The van der Waals surface area contributed by atoms with Crippen molar-refractivity contribution < 1.29 is 19.4 Å². The highest BCUT2D eigenvalue weighted by molar-refractivity contribution is 5.78. The molecule has 0 amide bonds. The van der Waals surface area contributed by atoms with Crippen LogP contribution in [0, 0.1) is 0 Å². The number of carboxylic acid groups (broad SMARTS) is 1. The molecule has 1 aromatic carbocycles. The van der Waals surface area contributed by atoms with Crippen LogP contribution in [0.4, 0.5) is 0 Å². The predicted octanol–water partition coefficient (Wildman–Crippen LogP) is 1.01. The SMILES string of the molecule is CC(=O)Cc1ccc(OC2(CC(=O)O)CNC2)cc1. The van der Waals surface area contributed by atoms with Crippen molar-refractivity contribution in [1.29, 1.82) is 0 Å². The van der Waals surface area contributed by atoms with Crippen LogP contribution in [-0.4, -0.2) is 35.5 Å². The normalized spacial score (nSPS) is 16.5. The Morgan fingerprint density at radius 2 is 1.95 bits per heavy atom. The summed E-state index contributed by atoms with van der Waals surface area (Å²) < 4.78 is 5.78. The third-order valence-corrected chi connectivity index (χ3v) is 3.08. The monoisotopic (exact) mass is 263 g/mol. The Morgan fingerprint density at radius 1 is 1.32 bits per heavy atom. The first kappa shape index (κ1) is 13.5. The second-order valence-electron chi connectivity index (χ2n) is 4.98. The van der Waals surface area contributed by atoms with Crippen molar-refractivity contribution in [1.82, 2.24) is 5.32 Å². The number of aliphatic carboxylic acids is 1. The van der Waals surface area contributed by atoms with Crippen molar-refractivity contribution in [3.05, 3.63) is 29.8 Å². The molecule has 5 heteroatoms. The maximum absolute atomic E-state index is 11.0. The van der Waals surface area contributed by atoms with Crippen LogP contribution in [0.15, 0.2) is 24.3 Å². The third kappa shape index (κ3) is 3.54. The topological polar surface area (TPSA) is 75.6 Å².